The molecule has 0 unspecified atom stereocenters. The Morgan fingerprint density at radius 1 is 1.05 bits per heavy atom. The van der Waals surface area contributed by atoms with E-state index in [1.54, 1.807) is 24.3 Å². The molecule has 1 radical (unpaired) electrons. The van der Waals surface area contributed by atoms with Gasteiger partial charge < -0.3 is 29.4 Å². The SMILES string of the molecule is C[C@H](CC(=O)Nc1ccc(OC(F)F)c(CN(C)C)c1)c1cc(O[B]O)ccc1OCc1ccccc1. The number of hydrogen-bond acceptors (Lipinski definition) is 6. The summed E-state index contributed by atoms with van der Waals surface area (Å²) >= 11 is 0. The average Bonchev–Trinajstić information content (AvgIpc) is 2.85. The van der Waals surface area contributed by atoms with Gasteiger partial charge in [0.05, 0.1) is 0 Å². The van der Waals surface area contributed by atoms with Crippen LogP contribution in [0.2, 0.25) is 0 Å². The Bertz CT molecular complexity index is 1160. The first-order valence-corrected chi connectivity index (χ1v) is 11.7. The highest BCUT2D eigenvalue weighted by Gasteiger charge is 2.19. The summed E-state index contributed by atoms with van der Waals surface area (Å²) in [7, 11) is 4.21. The molecule has 0 aromatic heterocycles. The number of nitrogens with one attached hydrogen (secondary N) is 1. The van der Waals surface area contributed by atoms with Crippen molar-refractivity contribution in [2.75, 3.05) is 19.4 Å². The Labute approximate surface area is 216 Å². The highest BCUT2D eigenvalue weighted by molar-refractivity contribution is 6.17. The third-order valence-electron chi connectivity index (χ3n) is 5.48. The monoisotopic (exact) mass is 511 g/mol. The van der Waals surface area contributed by atoms with Gasteiger partial charge in [0.1, 0.15) is 23.9 Å². The number of nitrogens with zero attached hydrogens (tertiary/aromatic N) is 1. The maximum absolute atomic E-state index is 12.9. The number of ether oxygens (including phenoxy) is 2. The molecule has 0 fully saturated rings. The summed E-state index contributed by atoms with van der Waals surface area (Å²) in [4.78, 5) is 14.7. The summed E-state index contributed by atoms with van der Waals surface area (Å²) in [5, 5.41) is 11.9. The van der Waals surface area contributed by atoms with Gasteiger partial charge >= 0.3 is 14.3 Å². The lowest BCUT2D eigenvalue weighted by Gasteiger charge is -2.19. The summed E-state index contributed by atoms with van der Waals surface area (Å²) in [5.74, 6) is 0.527. The van der Waals surface area contributed by atoms with Gasteiger partial charge in [-0.25, -0.2) is 0 Å². The third kappa shape index (κ3) is 8.77. The minimum atomic E-state index is -2.94. The van der Waals surface area contributed by atoms with Crippen LogP contribution in [0.1, 0.15) is 36.0 Å². The molecular weight excluding hydrogens is 481 g/mol. The average molecular weight is 511 g/mol. The second-order valence-electron chi connectivity index (χ2n) is 8.79. The number of benzene rings is 3. The van der Waals surface area contributed by atoms with Crippen LogP contribution >= 0.6 is 0 Å². The lowest BCUT2D eigenvalue weighted by atomic mass is 9.96. The second kappa shape index (κ2) is 13.6. The number of carbonyl (C=O) groups is 1. The minimum Gasteiger partial charge on any atom is -0.537 e. The first kappa shape index (κ1) is 28.0. The molecule has 1 amide bonds. The summed E-state index contributed by atoms with van der Waals surface area (Å²) < 4.78 is 41.3. The lowest BCUT2D eigenvalue weighted by Crippen LogP contribution is -2.17. The molecule has 3 rings (SSSR count). The molecule has 37 heavy (non-hydrogen) atoms. The first-order chi connectivity index (χ1) is 17.7. The maximum atomic E-state index is 12.9. The highest BCUT2D eigenvalue weighted by Crippen LogP contribution is 2.33. The molecule has 3 aromatic rings. The molecule has 0 aliphatic heterocycles. The smallest absolute Gasteiger partial charge is 0.537 e. The van der Waals surface area contributed by atoms with Crippen molar-refractivity contribution in [3.8, 4) is 17.2 Å². The van der Waals surface area contributed by atoms with Gasteiger partial charge in [-0.15, -0.1) is 0 Å². The zero-order valence-corrected chi connectivity index (χ0v) is 21.0. The second-order valence-corrected chi connectivity index (χ2v) is 8.79. The number of amides is 1. The van der Waals surface area contributed by atoms with Crippen LogP contribution in [-0.4, -0.2) is 44.2 Å². The number of anilines is 1. The van der Waals surface area contributed by atoms with Crippen LogP contribution in [-0.2, 0) is 17.9 Å². The molecular formula is C27H30BF2N2O5. The summed E-state index contributed by atoms with van der Waals surface area (Å²) in [6.07, 6.45) is 0.117. The fourth-order valence-corrected chi connectivity index (χ4v) is 3.85. The van der Waals surface area contributed by atoms with Gasteiger partial charge in [-0.2, -0.15) is 8.78 Å². The van der Waals surface area contributed by atoms with E-state index in [0.29, 0.717) is 43.6 Å². The number of carbonyl (C=O) groups excluding carboxylic acids is 1. The van der Waals surface area contributed by atoms with Crippen molar-refractivity contribution >= 4 is 19.3 Å². The molecule has 0 bridgehead atoms. The van der Waals surface area contributed by atoms with Crippen molar-refractivity contribution in [1.82, 2.24) is 4.90 Å². The molecule has 7 nitrogen and oxygen atoms in total. The molecule has 195 valence electrons. The van der Waals surface area contributed by atoms with Gasteiger partial charge in [0.15, 0.2) is 0 Å². The third-order valence-corrected chi connectivity index (χ3v) is 5.48. The number of alkyl halides is 2. The largest absolute Gasteiger partial charge is 0.569 e. The van der Waals surface area contributed by atoms with Gasteiger partial charge in [-0.1, -0.05) is 37.3 Å². The maximum Gasteiger partial charge on any atom is 0.569 e. The van der Waals surface area contributed by atoms with E-state index in [-0.39, 0.29) is 24.0 Å². The molecule has 0 spiro atoms. The van der Waals surface area contributed by atoms with Crippen LogP contribution in [0, 0.1) is 0 Å². The topological polar surface area (TPSA) is 80.3 Å². The van der Waals surface area contributed by atoms with Crippen LogP contribution in [0.3, 0.4) is 0 Å². The van der Waals surface area contributed by atoms with Crippen molar-refractivity contribution in [3.63, 3.8) is 0 Å². The van der Waals surface area contributed by atoms with Crippen LogP contribution in [0.15, 0.2) is 66.7 Å². The van der Waals surface area contributed by atoms with Crippen molar-refractivity contribution in [3.05, 3.63) is 83.4 Å². The zero-order chi connectivity index (χ0) is 26.8. The van der Waals surface area contributed by atoms with Crippen LogP contribution in [0.25, 0.3) is 0 Å². The van der Waals surface area contributed by atoms with E-state index in [4.69, 9.17) is 14.4 Å². The van der Waals surface area contributed by atoms with Gasteiger partial charge in [0.2, 0.25) is 5.91 Å². The van der Waals surface area contributed by atoms with E-state index < -0.39 is 6.61 Å². The molecule has 0 saturated heterocycles. The first-order valence-electron chi connectivity index (χ1n) is 11.7. The Balaban J connectivity index is 1.73. The fraction of sp³-hybridized carbons (Fsp3) is 0.296. The van der Waals surface area contributed by atoms with Gasteiger partial charge in [0, 0.05) is 29.8 Å². The zero-order valence-electron chi connectivity index (χ0n) is 21.0. The molecule has 0 aliphatic carbocycles. The Morgan fingerprint density at radius 2 is 1.78 bits per heavy atom. The summed E-state index contributed by atoms with van der Waals surface area (Å²) in [6, 6.07) is 19.4. The fourth-order valence-electron chi connectivity index (χ4n) is 3.85. The van der Waals surface area contributed by atoms with Crippen LogP contribution in [0.4, 0.5) is 14.5 Å². The van der Waals surface area contributed by atoms with E-state index in [1.807, 2.05) is 56.3 Å². The predicted molar refractivity (Wildman–Crippen MR) is 138 cm³/mol. The Morgan fingerprint density at radius 3 is 2.46 bits per heavy atom. The Kier molecular flexibility index (Phi) is 10.3. The number of rotatable bonds is 13. The number of hydrogen-bond donors (Lipinski definition) is 2. The van der Waals surface area contributed by atoms with Crippen LogP contribution in [0.5, 0.6) is 17.2 Å². The van der Waals surface area contributed by atoms with E-state index in [9.17, 15) is 13.6 Å². The molecule has 2 N–H and O–H groups in total. The van der Waals surface area contributed by atoms with Gasteiger partial charge in [-0.3, -0.25) is 4.79 Å². The van der Waals surface area contributed by atoms with E-state index >= 15 is 0 Å². The van der Waals surface area contributed by atoms with Crippen molar-refractivity contribution < 1.29 is 32.7 Å². The van der Waals surface area contributed by atoms with E-state index in [2.05, 4.69) is 10.1 Å². The quantitative estimate of drug-likeness (QED) is 0.316. The molecule has 3 aromatic carbocycles. The summed E-state index contributed by atoms with van der Waals surface area (Å²) in [6.45, 7) is -0.350. The molecule has 0 saturated carbocycles. The van der Waals surface area contributed by atoms with Gasteiger partial charge in [0.25, 0.3) is 0 Å². The molecule has 10 heteroatoms. The van der Waals surface area contributed by atoms with Crippen molar-refractivity contribution in [1.29, 1.82) is 0 Å². The highest BCUT2D eigenvalue weighted by atomic mass is 19.3. The predicted octanol–water partition coefficient (Wildman–Crippen LogP) is 4.97. The lowest BCUT2D eigenvalue weighted by molar-refractivity contribution is -0.116. The standard InChI is InChI=1S/C27H30BF2N2O5/c1-18(13-26(33)31-21-9-11-24(36-27(29)30)20(14-21)16-32(2)3)23-15-22(37-28-34)10-12-25(23)35-17-19-7-5-4-6-8-19/h4-12,14-15,18,27,34H,13,16-17H2,1-3H3,(H,31,33)/t18-/m1/s1. The normalized spacial score (nSPS) is 11.8. The van der Waals surface area contributed by atoms with Gasteiger partial charge in [-0.05, 0) is 62.0 Å². The minimum absolute atomic E-state index is 0.0628. The van der Waals surface area contributed by atoms with E-state index in [1.165, 1.54) is 12.1 Å². The molecule has 1 atom stereocenters. The van der Waals surface area contributed by atoms with Crippen molar-refractivity contribution in [2.24, 2.45) is 0 Å². The Hall–Kier alpha value is -3.63. The molecule has 0 aliphatic rings. The summed E-state index contributed by atoms with van der Waals surface area (Å²) in [5.41, 5.74) is 2.73. The number of halogens is 2. The van der Waals surface area contributed by atoms with Crippen LogP contribution < -0.4 is 19.4 Å². The molecule has 0 heterocycles. The van der Waals surface area contributed by atoms with E-state index in [0.717, 1.165) is 11.1 Å². The van der Waals surface area contributed by atoms with Crippen molar-refractivity contribution in [2.45, 2.75) is 39.0 Å².